The largest absolute Gasteiger partial charge is 0.326 e. The number of hydrogen-bond acceptors (Lipinski definition) is 2. The Hall–Kier alpha value is -2.25. The zero-order valence-electron chi connectivity index (χ0n) is 11.5. The van der Waals surface area contributed by atoms with Gasteiger partial charge in [0.15, 0.2) is 0 Å². The summed E-state index contributed by atoms with van der Waals surface area (Å²) in [5.74, 6) is 2.51. The van der Waals surface area contributed by atoms with Gasteiger partial charge in [0.1, 0.15) is 0 Å². The van der Waals surface area contributed by atoms with Crippen LogP contribution >= 0.6 is 0 Å². The summed E-state index contributed by atoms with van der Waals surface area (Å²) in [5, 5.41) is 0. The Kier molecular flexibility index (Phi) is 3.21. The van der Waals surface area contributed by atoms with Gasteiger partial charge in [-0.2, -0.15) is 0 Å². The van der Waals surface area contributed by atoms with Gasteiger partial charge in [0.05, 0.1) is 11.0 Å². The molecule has 1 aromatic carbocycles. The van der Waals surface area contributed by atoms with Crippen LogP contribution in [0.1, 0.15) is 12.5 Å². The molecule has 0 spiro atoms. The van der Waals surface area contributed by atoms with Crippen LogP contribution in [0.4, 0.5) is 0 Å². The molecule has 1 atom stereocenters. The normalized spacial score (nSPS) is 19.3. The van der Waals surface area contributed by atoms with Crippen LogP contribution in [0.5, 0.6) is 0 Å². The number of hydrogen-bond donors (Lipinski definition) is 1. The van der Waals surface area contributed by atoms with E-state index in [0.717, 1.165) is 24.1 Å². The number of terminal acetylenes is 1. The molecule has 0 fully saturated rings. The zero-order valence-corrected chi connectivity index (χ0v) is 11.5. The lowest BCUT2D eigenvalue weighted by atomic mass is 10.1. The molecule has 0 bridgehead atoms. The molecule has 1 N–H and O–H groups in total. The van der Waals surface area contributed by atoms with Crippen molar-refractivity contribution in [2.45, 2.75) is 26.1 Å². The van der Waals surface area contributed by atoms with Gasteiger partial charge in [-0.3, -0.25) is 9.47 Å². The number of nitrogens with one attached hydrogen (secondary N) is 1. The van der Waals surface area contributed by atoms with Crippen LogP contribution < -0.4 is 5.69 Å². The lowest BCUT2D eigenvalue weighted by Crippen LogP contribution is -2.35. The summed E-state index contributed by atoms with van der Waals surface area (Å²) in [4.78, 5) is 17.3. The SMILES string of the molecule is C#C/C=C/CN1Cc2cccc3[nH]c(=O)n(c23)CC1C. The maximum Gasteiger partial charge on any atom is 0.326 e. The van der Waals surface area contributed by atoms with E-state index in [1.165, 1.54) is 5.56 Å². The van der Waals surface area contributed by atoms with Gasteiger partial charge in [-0.05, 0) is 24.6 Å². The number of allylic oxidation sites excluding steroid dienone is 1. The number of aromatic amines is 1. The van der Waals surface area contributed by atoms with E-state index in [4.69, 9.17) is 6.42 Å². The summed E-state index contributed by atoms with van der Waals surface area (Å²) in [6.07, 6.45) is 8.95. The fourth-order valence-corrected chi connectivity index (χ4v) is 2.85. The van der Waals surface area contributed by atoms with Gasteiger partial charge in [0, 0.05) is 25.7 Å². The van der Waals surface area contributed by atoms with Crippen molar-refractivity contribution in [3.63, 3.8) is 0 Å². The van der Waals surface area contributed by atoms with Crippen molar-refractivity contribution in [3.05, 3.63) is 46.4 Å². The lowest BCUT2D eigenvalue weighted by Gasteiger charge is -2.25. The molecule has 20 heavy (non-hydrogen) atoms. The summed E-state index contributed by atoms with van der Waals surface area (Å²) in [6.45, 7) is 4.45. The first-order chi connectivity index (χ1) is 9.70. The number of para-hydroxylation sites is 1. The van der Waals surface area contributed by atoms with Crippen molar-refractivity contribution in [3.8, 4) is 12.3 Å². The molecule has 1 aliphatic heterocycles. The number of imidazole rings is 1. The molecule has 1 unspecified atom stereocenters. The molecule has 0 aliphatic carbocycles. The highest BCUT2D eigenvalue weighted by molar-refractivity contribution is 5.79. The molecule has 102 valence electrons. The Morgan fingerprint density at radius 2 is 2.40 bits per heavy atom. The van der Waals surface area contributed by atoms with E-state index in [-0.39, 0.29) is 11.7 Å². The number of benzene rings is 1. The minimum Gasteiger partial charge on any atom is -0.306 e. The standard InChI is InChI=1S/C16H17N3O/c1-3-4-5-9-18-11-13-7-6-8-14-15(13)19(10-12(18)2)16(20)17-14/h1,4-8,12H,9-11H2,2H3,(H,17,20)/b5-4+. The predicted molar refractivity (Wildman–Crippen MR) is 80.4 cm³/mol. The van der Waals surface area contributed by atoms with Gasteiger partial charge in [-0.25, -0.2) is 4.79 Å². The first kappa shape index (κ1) is 12.8. The first-order valence-corrected chi connectivity index (χ1v) is 6.76. The molecule has 1 aromatic heterocycles. The van der Waals surface area contributed by atoms with E-state index in [0.29, 0.717) is 6.54 Å². The minimum absolute atomic E-state index is 0.0275. The van der Waals surface area contributed by atoms with Gasteiger partial charge in [0.25, 0.3) is 0 Å². The van der Waals surface area contributed by atoms with Crippen LogP contribution in [-0.4, -0.2) is 27.0 Å². The summed E-state index contributed by atoms with van der Waals surface area (Å²) in [5.41, 5.74) is 3.10. The maximum atomic E-state index is 12.1. The Morgan fingerprint density at radius 1 is 1.55 bits per heavy atom. The van der Waals surface area contributed by atoms with E-state index in [2.05, 4.69) is 28.8 Å². The molecule has 0 amide bonds. The number of aromatic nitrogens is 2. The molecular weight excluding hydrogens is 250 g/mol. The van der Waals surface area contributed by atoms with Crippen LogP contribution in [0.15, 0.2) is 35.1 Å². The molecule has 4 heteroatoms. The molecular formula is C16H17N3O. The van der Waals surface area contributed by atoms with Crippen molar-refractivity contribution < 1.29 is 0 Å². The highest BCUT2D eigenvalue weighted by Crippen LogP contribution is 2.23. The van der Waals surface area contributed by atoms with Gasteiger partial charge < -0.3 is 4.98 Å². The van der Waals surface area contributed by atoms with E-state index >= 15 is 0 Å². The molecule has 2 aromatic rings. The monoisotopic (exact) mass is 267 g/mol. The third kappa shape index (κ3) is 2.06. The van der Waals surface area contributed by atoms with Gasteiger partial charge >= 0.3 is 5.69 Å². The summed E-state index contributed by atoms with van der Waals surface area (Å²) < 4.78 is 1.85. The van der Waals surface area contributed by atoms with Gasteiger partial charge in [-0.15, -0.1) is 6.42 Å². The van der Waals surface area contributed by atoms with Crippen LogP contribution in [0.2, 0.25) is 0 Å². The molecule has 2 heterocycles. The second-order valence-electron chi connectivity index (χ2n) is 5.20. The quantitative estimate of drug-likeness (QED) is 0.842. The van der Waals surface area contributed by atoms with Gasteiger partial charge in [0.2, 0.25) is 0 Å². The first-order valence-electron chi connectivity index (χ1n) is 6.76. The molecule has 3 rings (SSSR count). The van der Waals surface area contributed by atoms with Crippen molar-refractivity contribution >= 4 is 11.0 Å². The zero-order chi connectivity index (χ0) is 14.1. The van der Waals surface area contributed by atoms with Crippen molar-refractivity contribution in [1.82, 2.24) is 14.5 Å². The summed E-state index contributed by atoms with van der Waals surface area (Å²) in [6, 6.07) is 6.31. The van der Waals surface area contributed by atoms with Crippen LogP contribution in [0.25, 0.3) is 11.0 Å². The number of rotatable bonds is 2. The second kappa shape index (κ2) is 5.03. The van der Waals surface area contributed by atoms with E-state index in [9.17, 15) is 4.79 Å². The summed E-state index contributed by atoms with van der Waals surface area (Å²) >= 11 is 0. The van der Waals surface area contributed by atoms with Crippen LogP contribution in [0.3, 0.4) is 0 Å². The average Bonchev–Trinajstić information content (AvgIpc) is 2.66. The maximum absolute atomic E-state index is 12.1. The number of nitrogens with zero attached hydrogens (tertiary/aromatic N) is 2. The van der Waals surface area contributed by atoms with Crippen LogP contribution in [0, 0.1) is 12.3 Å². The van der Waals surface area contributed by atoms with Gasteiger partial charge in [-0.1, -0.05) is 24.1 Å². The smallest absolute Gasteiger partial charge is 0.306 e. The second-order valence-corrected chi connectivity index (χ2v) is 5.20. The highest BCUT2D eigenvalue weighted by atomic mass is 16.1. The molecule has 0 radical (unpaired) electrons. The average molecular weight is 267 g/mol. The molecule has 0 saturated carbocycles. The topological polar surface area (TPSA) is 41.0 Å². The van der Waals surface area contributed by atoms with Crippen molar-refractivity contribution in [2.24, 2.45) is 0 Å². The van der Waals surface area contributed by atoms with E-state index in [1.807, 2.05) is 22.8 Å². The Labute approximate surface area is 117 Å². The fourth-order valence-electron chi connectivity index (χ4n) is 2.85. The number of H-pyrrole nitrogens is 1. The van der Waals surface area contributed by atoms with E-state index < -0.39 is 0 Å². The molecule has 1 aliphatic rings. The lowest BCUT2D eigenvalue weighted by molar-refractivity contribution is 0.210. The third-order valence-corrected chi connectivity index (χ3v) is 3.87. The third-order valence-electron chi connectivity index (χ3n) is 3.87. The molecule has 4 nitrogen and oxygen atoms in total. The fraction of sp³-hybridized carbons (Fsp3) is 0.312. The Morgan fingerprint density at radius 3 is 3.20 bits per heavy atom. The van der Waals surface area contributed by atoms with Crippen LogP contribution in [-0.2, 0) is 13.1 Å². The minimum atomic E-state index is -0.0275. The predicted octanol–water partition coefficient (Wildman–Crippen LogP) is 1.72. The van der Waals surface area contributed by atoms with Crippen molar-refractivity contribution in [2.75, 3.05) is 6.54 Å². The van der Waals surface area contributed by atoms with E-state index in [1.54, 1.807) is 6.08 Å². The van der Waals surface area contributed by atoms with Crippen molar-refractivity contribution in [1.29, 1.82) is 0 Å². The Bertz CT molecular complexity index is 760. The highest BCUT2D eigenvalue weighted by Gasteiger charge is 2.22. The molecule has 0 saturated heterocycles. The summed E-state index contributed by atoms with van der Waals surface area (Å²) in [7, 11) is 0. The Balaban J connectivity index is 2.04.